The molecule has 0 bridgehead atoms. The van der Waals surface area contributed by atoms with Crippen LogP contribution in [-0.4, -0.2) is 12.1 Å². The van der Waals surface area contributed by atoms with Gasteiger partial charge in [-0.25, -0.2) is 4.57 Å². The number of hydrogen-bond donors (Lipinski definition) is 1. The second-order valence-electron chi connectivity index (χ2n) is 3.52. The van der Waals surface area contributed by atoms with Gasteiger partial charge in [0.05, 0.1) is 6.10 Å². The second-order valence-corrected chi connectivity index (χ2v) is 5.13. The minimum Gasteiger partial charge on any atom is -0.269 e. The van der Waals surface area contributed by atoms with Crippen LogP contribution in [0.2, 0.25) is 0 Å². The summed E-state index contributed by atoms with van der Waals surface area (Å²) in [6, 6.07) is 0.0929. The van der Waals surface area contributed by atoms with Gasteiger partial charge in [-0.05, 0) is 26.7 Å². The summed E-state index contributed by atoms with van der Waals surface area (Å²) < 4.78 is 21.8. The van der Waals surface area contributed by atoms with Gasteiger partial charge in [0.1, 0.15) is 0 Å². The Balaban J connectivity index is 3.99. The lowest BCUT2D eigenvalue weighted by Crippen LogP contribution is -2.22. The maximum Gasteiger partial charge on any atom is 0.526 e. The third kappa shape index (κ3) is 6.44. The molecule has 0 spiro atoms. The third-order valence-corrected chi connectivity index (χ3v) is 2.65. The first kappa shape index (κ1) is 14.0. The molecule has 0 saturated heterocycles. The zero-order chi connectivity index (χ0) is 11.2. The zero-order valence-electron chi connectivity index (χ0n) is 9.45. The van der Waals surface area contributed by atoms with Gasteiger partial charge >= 0.3 is 7.60 Å². The fraction of sp³-hybridized carbons (Fsp3) is 0.889. The van der Waals surface area contributed by atoms with E-state index in [4.69, 9.17) is 9.15 Å². The van der Waals surface area contributed by atoms with Crippen LogP contribution in [-0.2, 0) is 13.7 Å². The van der Waals surface area contributed by atoms with Crippen molar-refractivity contribution in [2.45, 2.75) is 52.7 Å². The van der Waals surface area contributed by atoms with Crippen molar-refractivity contribution in [2.75, 3.05) is 0 Å². The van der Waals surface area contributed by atoms with Crippen molar-refractivity contribution in [3.63, 3.8) is 0 Å². The van der Waals surface area contributed by atoms with Crippen LogP contribution < -0.4 is 5.48 Å². The Morgan fingerprint density at radius 2 is 1.86 bits per heavy atom. The summed E-state index contributed by atoms with van der Waals surface area (Å²) in [5.41, 5.74) is 2.59. The van der Waals surface area contributed by atoms with Crippen molar-refractivity contribution >= 4 is 7.60 Å². The summed E-state index contributed by atoms with van der Waals surface area (Å²) in [6.45, 7) is 11.2. The van der Waals surface area contributed by atoms with Gasteiger partial charge in [-0.15, -0.1) is 0 Å². The van der Waals surface area contributed by atoms with Crippen molar-refractivity contribution in [1.29, 1.82) is 0 Å². The second kappa shape index (κ2) is 6.46. The third-order valence-electron chi connectivity index (χ3n) is 1.65. The smallest absolute Gasteiger partial charge is 0.269 e. The summed E-state index contributed by atoms with van der Waals surface area (Å²) in [5, 5.41) is 0. The van der Waals surface area contributed by atoms with Crippen molar-refractivity contribution in [2.24, 2.45) is 0 Å². The maximum atomic E-state index is 11.6. The van der Waals surface area contributed by atoms with E-state index in [1.165, 1.54) is 0 Å². The van der Waals surface area contributed by atoms with Gasteiger partial charge < -0.3 is 0 Å². The first-order valence-corrected chi connectivity index (χ1v) is 6.71. The molecule has 0 rings (SSSR count). The molecule has 0 amide bonds. The van der Waals surface area contributed by atoms with E-state index < -0.39 is 7.60 Å². The van der Waals surface area contributed by atoms with Gasteiger partial charge in [-0.3, -0.25) is 4.52 Å². The van der Waals surface area contributed by atoms with E-state index in [0.29, 0.717) is 0 Å². The first-order chi connectivity index (χ1) is 6.41. The summed E-state index contributed by atoms with van der Waals surface area (Å²) in [6.07, 6.45) is 1.56. The molecule has 1 N–H and O–H groups in total. The topological polar surface area (TPSA) is 47.6 Å². The highest BCUT2D eigenvalue weighted by Crippen LogP contribution is 2.47. The number of nitrogens with one attached hydrogen (secondary N) is 1. The standard InChI is InChI=1S/C9H21NO3P/c1-6-9(7-2)12-14(5,11)13-10-8(3)4/h8-10H,5-7H2,1-4H3/q+1. The number of rotatable bonds is 7. The van der Waals surface area contributed by atoms with Crippen LogP contribution in [0.15, 0.2) is 0 Å². The Kier molecular flexibility index (Phi) is 6.45. The van der Waals surface area contributed by atoms with Gasteiger partial charge in [0.2, 0.25) is 0 Å². The highest BCUT2D eigenvalue weighted by Gasteiger charge is 2.30. The minimum absolute atomic E-state index is 0.0488. The molecule has 0 saturated carbocycles. The highest BCUT2D eigenvalue weighted by molar-refractivity contribution is 7.55. The molecule has 14 heavy (non-hydrogen) atoms. The molecule has 0 aromatic rings. The molecule has 0 radical (unpaired) electrons. The summed E-state index contributed by atoms with van der Waals surface area (Å²) >= 11 is 0. The van der Waals surface area contributed by atoms with Gasteiger partial charge in [-0.2, -0.15) is 10.1 Å². The van der Waals surface area contributed by atoms with Crippen LogP contribution in [0.5, 0.6) is 0 Å². The summed E-state index contributed by atoms with van der Waals surface area (Å²) in [4.78, 5) is 0. The molecule has 0 aliphatic carbocycles. The van der Waals surface area contributed by atoms with Crippen LogP contribution >= 0.6 is 7.60 Å². The molecular weight excluding hydrogens is 201 g/mol. The average molecular weight is 222 g/mol. The lowest BCUT2D eigenvalue weighted by molar-refractivity contribution is 0.0968. The van der Waals surface area contributed by atoms with Crippen LogP contribution in [0.3, 0.4) is 0 Å². The lowest BCUT2D eigenvalue weighted by atomic mass is 10.2. The maximum absolute atomic E-state index is 11.6. The summed E-state index contributed by atoms with van der Waals surface area (Å²) in [7, 11) is -3.20. The van der Waals surface area contributed by atoms with E-state index in [1.807, 2.05) is 27.7 Å². The van der Waals surface area contributed by atoms with Crippen molar-refractivity contribution in [3.8, 4) is 0 Å². The lowest BCUT2D eigenvalue weighted by Gasteiger charge is -2.16. The highest BCUT2D eigenvalue weighted by atomic mass is 31.2. The fourth-order valence-electron chi connectivity index (χ4n) is 0.872. The van der Waals surface area contributed by atoms with Crippen LogP contribution in [0.1, 0.15) is 40.5 Å². The molecule has 0 heterocycles. The molecule has 84 valence electrons. The van der Waals surface area contributed by atoms with Crippen molar-refractivity contribution < 1.29 is 13.7 Å². The van der Waals surface area contributed by atoms with Gasteiger partial charge in [-0.1, -0.05) is 13.8 Å². The largest absolute Gasteiger partial charge is 0.526 e. The van der Waals surface area contributed by atoms with Crippen LogP contribution in [0.25, 0.3) is 0 Å². The van der Waals surface area contributed by atoms with Gasteiger partial charge in [0, 0.05) is 6.04 Å². The molecule has 5 heteroatoms. The van der Waals surface area contributed by atoms with E-state index in [2.05, 4.69) is 12.1 Å². The average Bonchev–Trinajstić information content (AvgIpc) is 2.11. The fourth-order valence-corrected chi connectivity index (χ4v) is 2.04. The van der Waals surface area contributed by atoms with E-state index in [0.717, 1.165) is 12.8 Å². The zero-order valence-corrected chi connectivity index (χ0v) is 10.3. The molecule has 1 atom stereocenters. The van der Waals surface area contributed by atoms with Crippen molar-refractivity contribution in [3.05, 3.63) is 6.66 Å². The quantitative estimate of drug-likeness (QED) is 0.408. The molecule has 0 aromatic carbocycles. The van der Waals surface area contributed by atoms with Crippen molar-refractivity contribution in [1.82, 2.24) is 5.48 Å². The molecule has 1 unspecified atom stereocenters. The number of hydroxylamine groups is 1. The van der Waals surface area contributed by atoms with E-state index >= 15 is 0 Å². The predicted octanol–water partition coefficient (Wildman–Crippen LogP) is 3.11. The van der Waals surface area contributed by atoms with Gasteiger partial charge in [0.25, 0.3) is 0 Å². The predicted molar refractivity (Wildman–Crippen MR) is 57.8 cm³/mol. The molecule has 0 aliphatic rings. The van der Waals surface area contributed by atoms with Crippen LogP contribution in [0, 0.1) is 6.66 Å². The first-order valence-electron chi connectivity index (χ1n) is 4.98. The Morgan fingerprint density at radius 3 is 2.21 bits per heavy atom. The molecule has 0 aliphatic heterocycles. The van der Waals surface area contributed by atoms with E-state index in [9.17, 15) is 4.57 Å². The molecule has 4 nitrogen and oxygen atoms in total. The molecule has 0 fully saturated rings. The Morgan fingerprint density at radius 1 is 1.36 bits per heavy atom. The number of hydrogen-bond acceptors (Lipinski definition) is 4. The molecular formula is C9H21NO3P+. The SMILES string of the molecule is [CH2+]P(=O)(ONC(C)C)OC(CC)CC. The summed E-state index contributed by atoms with van der Waals surface area (Å²) in [5.74, 6) is 0. The Bertz CT molecular complexity index is 192. The normalized spacial score (nSPS) is 16.1. The monoisotopic (exact) mass is 222 g/mol. The Hall–Kier alpha value is -0.0200. The van der Waals surface area contributed by atoms with Gasteiger partial charge in [0.15, 0.2) is 6.66 Å². The van der Waals surface area contributed by atoms with Crippen LogP contribution in [0.4, 0.5) is 0 Å². The molecule has 0 aromatic heterocycles. The van der Waals surface area contributed by atoms with E-state index in [-0.39, 0.29) is 12.1 Å². The minimum atomic E-state index is -3.20. The Labute approximate surface area is 86.9 Å². The van der Waals surface area contributed by atoms with E-state index in [1.54, 1.807) is 0 Å².